The van der Waals surface area contributed by atoms with Crippen LogP contribution in [0.2, 0.25) is 0 Å². The van der Waals surface area contributed by atoms with Crippen molar-refractivity contribution in [3.8, 4) is 0 Å². The van der Waals surface area contributed by atoms with Crippen LogP contribution in [0.1, 0.15) is 0 Å². The van der Waals surface area contributed by atoms with Gasteiger partial charge in [0.15, 0.2) is 11.2 Å². The molecule has 1 aliphatic heterocycles. The Bertz CT molecular complexity index is 721. The third-order valence-corrected chi connectivity index (χ3v) is 2.84. The molecule has 11 heteroatoms. The number of hydrogen-bond donors (Lipinski definition) is 7. The van der Waals surface area contributed by atoms with Crippen molar-refractivity contribution in [3.63, 3.8) is 0 Å². The van der Waals surface area contributed by atoms with Gasteiger partial charge in [-0.05, 0) is 0 Å². The van der Waals surface area contributed by atoms with Crippen LogP contribution in [-0.2, 0) is 4.74 Å². The summed E-state index contributed by atoms with van der Waals surface area (Å²) in [6.45, 7) is -0.120. The van der Waals surface area contributed by atoms with Crippen molar-refractivity contribution in [1.29, 1.82) is 0 Å². The zero-order chi connectivity index (χ0) is 15.6. The minimum absolute atomic E-state index is 0.0252. The summed E-state index contributed by atoms with van der Waals surface area (Å²) in [6, 6.07) is 0. The first-order valence-electron chi connectivity index (χ1n) is 5.98. The number of ether oxygens (including phenoxy) is 1. The lowest BCUT2D eigenvalue weighted by atomic mass is 10.2. The number of nitrogens with two attached hydrogens (primary N) is 1. The number of fused-ring (bicyclic) bond motifs is 1. The van der Waals surface area contributed by atoms with Crippen LogP contribution in [0.15, 0.2) is 9.59 Å². The summed E-state index contributed by atoms with van der Waals surface area (Å²) in [4.78, 5) is 32.3. The van der Waals surface area contributed by atoms with Gasteiger partial charge in [-0.25, -0.2) is 4.79 Å². The summed E-state index contributed by atoms with van der Waals surface area (Å²) in [5.41, 5.74) is 4.56. The maximum absolute atomic E-state index is 11.0. The lowest BCUT2D eigenvalue weighted by molar-refractivity contribution is -0.00588. The molecule has 1 saturated heterocycles. The first kappa shape index (κ1) is 15.2. The number of aromatic amines is 3. The Morgan fingerprint density at radius 2 is 2.00 bits per heavy atom. The number of H-pyrrole nitrogens is 3. The van der Waals surface area contributed by atoms with Crippen LogP contribution < -0.4 is 17.0 Å². The summed E-state index contributed by atoms with van der Waals surface area (Å²) in [5, 5.41) is 26.2. The summed E-state index contributed by atoms with van der Waals surface area (Å²) in [6.07, 6.45) is -2.35. The predicted molar refractivity (Wildman–Crippen MR) is 70.6 cm³/mol. The van der Waals surface area contributed by atoms with E-state index >= 15 is 0 Å². The van der Waals surface area contributed by atoms with Crippen molar-refractivity contribution < 1.29 is 20.1 Å². The second-order valence-electron chi connectivity index (χ2n) is 4.37. The van der Waals surface area contributed by atoms with E-state index in [1.807, 2.05) is 0 Å². The largest absolute Gasteiger partial charge is 0.394 e. The molecule has 0 aliphatic carbocycles. The number of imidazole rings is 1. The number of nitrogens with one attached hydrogen (secondary N) is 3. The van der Waals surface area contributed by atoms with Crippen LogP contribution in [0.25, 0.3) is 11.2 Å². The topological polar surface area (TPSA) is 190 Å². The summed E-state index contributed by atoms with van der Waals surface area (Å²) in [5.74, 6) is -0.0252. The van der Waals surface area contributed by atoms with E-state index in [1.54, 1.807) is 0 Å². The van der Waals surface area contributed by atoms with E-state index < -0.39 is 29.6 Å². The highest BCUT2D eigenvalue weighted by molar-refractivity contribution is 5.69. The number of nitrogens with zero attached hydrogens (tertiary/aromatic N) is 1. The Morgan fingerprint density at radius 1 is 1.29 bits per heavy atom. The molecule has 1 fully saturated rings. The average molecular weight is 301 g/mol. The SMILES string of the molecule is Nc1nc2[nH]c(=O)[nH]c2c(=O)[nH]1.OC[C@H]1OC[C@H](O)[C@@H]1O. The zero-order valence-corrected chi connectivity index (χ0v) is 10.7. The highest BCUT2D eigenvalue weighted by atomic mass is 16.5. The van der Waals surface area contributed by atoms with Crippen LogP contribution in [-0.4, -0.2) is 66.8 Å². The van der Waals surface area contributed by atoms with Gasteiger partial charge in [-0.15, -0.1) is 0 Å². The Morgan fingerprint density at radius 3 is 2.52 bits per heavy atom. The van der Waals surface area contributed by atoms with Gasteiger partial charge in [0.1, 0.15) is 18.3 Å². The molecule has 21 heavy (non-hydrogen) atoms. The fraction of sp³-hybridized carbons (Fsp3) is 0.500. The number of aliphatic hydroxyl groups is 3. The monoisotopic (exact) mass is 301 g/mol. The molecular formula is C10H15N5O6. The molecule has 0 bridgehead atoms. The third-order valence-electron chi connectivity index (χ3n) is 2.84. The summed E-state index contributed by atoms with van der Waals surface area (Å²) < 4.78 is 4.78. The van der Waals surface area contributed by atoms with Crippen LogP contribution in [0.4, 0.5) is 5.95 Å². The van der Waals surface area contributed by atoms with Crippen LogP contribution in [0.3, 0.4) is 0 Å². The second-order valence-corrected chi connectivity index (χ2v) is 4.37. The normalized spacial score (nSPS) is 24.8. The molecule has 0 saturated carbocycles. The molecule has 0 radical (unpaired) electrons. The van der Waals surface area contributed by atoms with Gasteiger partial charge in [0.25, 0.3) is 5.56 Å². The zero-order valence-electron chi connectivity index (χ0n) is 10.7. The fourth-order valence-electron chi connectivity index (χ4n) is 1.78. The van der Waals surface area contributed by atoms with Gasteiger partial charge in [0.05, 0.1) is 13.2 Å². The Kier molecular flexibility index (Phi) is 4.37. The summed E-state index contributed by atoms with van der Waals surface area (Å²) >= 11 is 0. The molecule has 3 heterocycles. The van der Waals surface area contributed by atoms with E-state index in [0.717, 1.165) is 0 Å². The van der Waals surface area contributed by atoms with Crippen LogP contribution >= 0.6 is 0 Å². The fourth-order valence-corrected chi connectivity index (χ4v) is 1.78. The van der Waals surface area contributed by atoms with Gasteiger partial charge in [-0.1, -0.05) is 0 Å². The Hall–Kier alpha value is -2.21. The first-order chi connectivity index (χ1) is 9.92. The van der Waals surface area contributed by atoms with E-state index in [-0.39, 0.29) is 30.3 Å². The molecule has 0 spiro atoms. The van der Waals surface area contributed by atoms with E-state index in [0.29, 0.717) is 0 Å². The number of anilines is 1. The summed E-state index contributed by atoms with van der Waals surface area (Å²) in [7, 11) is 0. The number of rotatable bonds is 1. The lowest BCUT2D eigenvalue weighted by Gasteiger charge is -2.10. The molecular weight excluding hydrogens is 286 g/mol. The molecule has 0 amide bonds. The van der Waals surface area contributed by atoms with Crippen molar-refractivity contribution in [3.05, 3.63) is 20.8 Å². The second kappa shape index (κ2) is 6.05. The maximum Gasteiger partial charge on any atom is 0.325 e. The molecule has 8 N–H and O–H groups in total. The van der Waals surface area contributed by atoms with Gasteiger partial charge in [-0.2, -0.15) is 4.98 Å². The predicted octanol–water partition coefficient (Wildman–Crippen LogP) is -3.38. The van der Waals surface area contributed by atoms with Gasteiger partial charge < -0.3 is 25.8 Å². The minimum atomic E-state index is -0.921. The average Bonchev–Trinajstić information content (AvgIpc) is 2.94. The smallest absolute Gasteiger partial charge is 0.325 e. The van der Waals surface area contributed by atoms with Crippen LogP contribution in [0, 0.1) is 0 Å². The highest BCUT2D eigenvalue weighted by Crippen LogP contribution is 2.12. The number of hydrogen-bond acceptors (Lipinski definition) is 8. The molecule has 0 aromatic carbocycles. The van der Waals surface area contributed by atoms with Crippen molar-refractivity contribution in [2.45, 2.75) is 18.3 Å². The van der Waals surface area contributed by atoms with Crippen LogP contribution in [0.5, 0.6) is 0 Å². The molecule has 2 aromatic rings. The molecule has 11 nitrogen and oxygen atoms in total. The van der Waals surface area contributed by atoms with E-state index in [9.17, 15) is 9.59 Å². The standard InChI is InChI=1S/C5H5N5O2.C5H10O4/c6-4-8-2-1(3(11)10-4)7-5(12)9-2;6-1-4-5(8)3(7)2-9-4/h(H5,6,7,8,9,10,11,12);3-8H,1-2H2/t;3-,4+,5-/m.0/s1. The minimum Gasteiger partial charge on any atom is -0.394 e. The molecule has 1 aliphatic rings. The Balaban J connectivity index is 0.000000161. The van der Waals surface area contributed by atoms with Crippen molar-refractivity contribution in [1.82, 2.24) is 19.9 Å². The molecule has 3 rings (SSSR count). The number of aromatic nitrogens is 4. The molecule has 0 unspecified atom stereocenters. The highest BCUT2D eigenvalue weighted by Gasteiger charge is 2.33. The van der Waals surface area contributed by atoms with Gasteiger partial charge in [-0.3, -0.25) is 19.7 Å². The molecule has 3 atom stereocenters. The van der Waals surface area contributed by atoms with Gasteiger partial charge in [0, 0.05) is 0 Å². The van der Waals surface area contributed by atoms with E-state index in [2.05, 4.69) is 19.9 Å². The van der Waals surface area contributed by atoms with Gasteiger partial charge in [0.2, 0.25) is 5.95 Å². The van der Waals surface area contributed by atoms with E-state index in [4.69, 9.17) is 25.8 Å². The Labute approximate surface area is 116 Å². The van der Waals surface area contributed by atoms with Crippen molar-refractivity contribution in [2.24, 2.45) is 0 Å². The lowest BCUT2D eigenvalue weighted by Crippen LogP contribution is -2.31. The van der Waals surface area contributed by atoms with Crippen molar-refractivity contribution in [2.75, 3.05) is 18.9 Å². The van der Waals surface area contributed by atoms with Gasteiger partial charge >= 0.3 is 5.69 Å². The van der Waals surface area contributed by atoms with Crippen molar-refractivity contribution >= 4 is 17.1 Å². The molecule has 116 valence electrons. The number of nitrogen functional groups attached to an aromatic ring is 1. The van der Waals surface area contributed by atoms with E-state index in [1.165, 1.54) is 0 Å². The maximum atomic E-state index is 11.0. The third kappa shape index (κ3) is 3.28. The number of aliphatic hydroxyl groups excluding tert-OH is 3. The molecule has 2 aromatic heterocycles. The quantitative estimate of drug-likeness (QED) is 0.283. The first-order valence-corrected chi connectivity index (χ1v) is 5.98.